The lowest BCUT2D eigenvalue weighted by Crippen LogP contribution is -2.32. The summed E-state index contributed by atoms with van der Waals surface area (Å²) in [5.41, 5.74) is 3.07. The second-order valence-electron chi connectivity index (χ2n) is 7.83. The first kappa shape index (κ1) is 19.9. The highest BCUT2D eigenvalue weighted by atomic mass is 35.5. The van der Waals surface area contributed by atoms with Crippen LogP contribution in [0.3, 0.4) is 0 Å². The molecule has 0 amide bonds. The average Bonchev–Trinajstić information content (AvgIpc) is 3.29. The summed E-state index contributed by atoms with van der Waals surface area (Å²) in [4.78, 5) is 6.78. The number of halogens is 1. The zero-order chi connectivity index (χ0) is 20.5. The highest BCUT2D eigenvalue weighted by Crippen LogP contribution is 2.41. The van der Waals surface area contributed by atoms with Crippen LogP contribution in [0.25, 0.3) is 11.3 Å². The largest absolute Gasteiger partial charge is 0.459 e. The number of nitrogens with zero attached hydrogens (tertiary/aromatic N) is 2. The number of benzene rings is 1. The molecule has 0 aliphatic carbocycles. The summed E-state index contributed by atoms with van der Waals surface area (Å²) in [5, 5.41) is 4.88. The van der Waals surface area contributed by atoms with Gasteiger partial charge in [-0.15, -0.1) is 0 Å². The van der Waals surface area contributed by atoms with Crippen LogP contribution in [-0.4, -0.2) is 21.5 Å². The van der Waals surface area contributed by atoms with Gasteiger partial charge in [-0.1, -0.05) is 37.6 Å². The molecule has 4 rings (SSSR count). The molecule has 0 spiro atoms. The van der Waals surface area contributed by atoms with E-state index in [1.54, 1.807) is 0 Å². The lowest BCUT2D eigenvalue weighted by atomic mass is 10.0. The molecule has 1 N–H and O–H groups in total. The molecule has 0 saturated carbocycles. The molecule has 150 valence electrons. The molecule has 0 radical (unpaired) electrons. The number of nitrogens with one attached hydrogen (secondary N) is 1. The van der Waals surface area contributed by atoms with Crippen LogP contribution in [0, 0.1) is 12.8 Å². The van der Waals surface area contributed by atoms with Crippen molar-refractivity contribution in [3.05, 3.63) is 76.8 Å². The van der Waals surface area contributed by atoms with Crippen molar-refractivity contribution in [2.45, 2.75) is 32.9 Å². The van der Waals surface area contributed by atoms with Crippen molar-refractivity contribution in [1.29, 1.82) is 0 Å². The minimum Gasteiger partial charge on any atom is -0.459 e. The third kappa shape index (κ3) is 4.02. The Hall–Kier alpha value is -2.37. The highest BCUT2D eigenvalue weighted by molar-refractivity contribution is 7.80. The third-order valence-corrected chi connectivity index (χ3v) is 5.73. The van der Waals surface area contributed by atoms with Crippen LogP contribution in [0.5, 0.6) is 0 Å². The minimum absolute atomic E-state index is 0.0620. The number of aromatic nitrogens is 1. The van der Waals surface area contributed by atoms with Gasteiger partial charge >= 0.3 is 0 Å². The zero-order valence-electron chi connectivity index (χ0n) is 16.7. The molecule has 1 fully saturated rings. The van der Waals surface area contributed by atoms with Crippen molar-refractivity contribution in [2.24, 2.45) is 5.92 Å². The first-order valence-electron chi connectivity index (χ1n) is 9.78. The van der Waals surface area contributed by atoms with E-state index >= 15 is 0 Å². The Morgan fingerprint density at radius 2 is 2.03 bits per heavy atom. The van der Waals surface area contributed by atoms with Gasteiger partial charge in [0.1, 0.15) is 17.6 Å². The van der Waals surface area contributed by atoms with Crippen LogP contribution in [-0.2, 0) is 0 Å². The van der Waals surface area contributed by atoms with E-state index in [1.807, 2.05) is 54.7 Å². The molecule has 3 heterocycles. The van der Waals surface area contributed by atoms with Crippen LogP contribution in [0.2, 0.25) is 5.02 Å². The SMILES string of the molecule is Cc1ccc(Cl)cc1-c1ccc([C@@H]2[C@H](c3ccccn3)NC(=S)N2CC(C)C)o1. The summed E-state index contributed by atoms with van der Waals surface area (Å²) in [5.74, 6) is 2.13. The van der Waals surface area contributed by atoms with E-state index in [9.17, 15) is 0 Å². The van der Waals surface area contributed by atoms with Gasteiger partial charge in [-0.3, -0.25) is 4.98 Å². The van der Waals surface area contributed by atoms with Gasteiger partial charge in [0, 0.05) is 23.3 Å². The van der Waals surface area contributed by atoms with E-state index < -0.39 is 0 Å². The van der Waals surface area contributed by atoms with Gasteiger partial charge in [-0.2, -0.15) is 0 Å². The van der Waals surface area contributed by atoms with Gasteiger partial charge in [0.05, 0.1) is 11.7 Å². The van der Waals surface area contributed by atoms with Gasteiger partial charge in [-0.05, 0) is 67.0 Å². The Labute approximate surface area is 181 Å². The Morgan fingerprint density at radius 3 is 2.76 bits per heavy atom. The molecule has 2 aromatic heterocycles. The fourth-order valence-corrected chi connectivity index (χ4v) is 4.31. The summed E-state index contributed by atoms with van der Waals surface area (Å²) >= 11 is 11.9. The minimum atomic E-state index is -0.0677. The maximum Gasteiger partial charge on any atom is 0.170 e. The van der Waals surface area contributed by atoms with Crippen LogP contribution in [0.4, 0.5) is 0 Å². The van der Waals surface area contributed by atoms with Gasteiger partial charge < -0.3 is 14.6 Å². The first-order valence-corrected chi connectivity index (χ1v) is 10.6. The normalized spacial score (nSPS) is 19.1. The average molecular weight is 426 g/mol. The molecule has 1 aromatic carbocycles. The zero-order valence-corrected chi connectivity index (χ0v) is 18.3. The van der Waals surface area contributed by atoms with Gasteiger partial charge in [0.15, 0.2) is 5.11 Å². The van der Waals surface area contributed by atoms with Crippen molar-refractivity contribution in [1.82, 2.24) is 15.2 Å². The molecular formula is C23H24ClN3OS. The molecule has 1 saturated heterocycles. The van der Waals surface area contributed by atoms with Crippen molar-refractivity contribution in [3.8, 4) is 11.3 Å². The van der Waals surface area contributed by atoms with Crippen molar-refractivity contribution in [3.63, 3.8) is 0 Å². The van der Waals surface area contributed by atoms with Crippen molar-refractivity contribution in [2.75, 3.05) is 6.54 Å². The molecule has 4 nitrogen and oxygen atoms in total. The predicted molar refractivity (Wildman–Crippen MR) is 121 cm³/mol. The third-order valence-electron chi connectivity index (χ3n) is 5.14. The fraction of sp³-hybridized carbons (Fsp3) is 0.304. The monoisotopic (exact) mass is 425 g/mol. The highest BCUT2D eigenvalue weighted by Gasteiger charge is 2.41. The summed E-state index contributed by atoms with van der Waals surface area (Å²) in [6.07, 6.45) is 1.81. The Kier molecular flexibility index (Phi) is 5.61. The van der Waals surface area contributed by atoms with Crippen LogP contribution in [0.1, 0.15) is 42.9 Å². The van der Waals surface area contributed by atoms with Gasteiger partial charge in [-0.25, -0.2) is 0 Å². The quantitative estimate of drug-likeness (QED) is 0.513. The second kappa shape index (κ2) is 8.17. The topological polar surface area (TPSA) is 41.3 Å². The number of thiocarbonyl (C=S) groups is 1. The summed E-state index contributed by atoms with van der Waals surface area (Å²) < 4.78 is 6.37. The smallest absolute Gasteiger partial charge is 0.170 e. The molecule has 1 aliphatic heterocycles. The Morgan fingerprint density at radius 1 is 1.21 bits per heavy atom. The van der Waals surface area contributed by atoms with E-state index in [2.05, 4.69) is 36.0 Å². The van der Waals surface area contributed by atoms with E-state index in [1.165, 1.54) is 0 Å². The predicted octanol–water partition coefficient (Wildman–Crippen LogP) is 5.93. The molecule has 0 unspecified atom stereocenters. The van der Waals surface area contributed by atoms with Crippen LogP contribution < -0.4 is 5.32 Å². The molecule has 6 heteroatoms. The Balaban J connectivity index is 1.75. The second-order valence-corrected chi connectivity index (χ2v) is 8.66. The van der Waals surface area contributed by atoms with E-state index in [-0.39, 0.29) is 12.1 Å². The maximum atomic E-state index is 6.37. The van der Waals surface area contributed by atoms with Crippen LogP contribution >= 0.6 is 23.8 Å². The summed E-state index contributed by atoms with van der Waals surface area (Å²) in [7, 11) is 0. The van der Waals surface area contributed by atoms with E-state index in [4.69, 9.17) is 28.2 Å². The maximum absolute atomic E-state index is 6.37. The molecule has 0 bridgehead atoms. The standard InChI is InChI=1S/C23H24ClN3OS/c1-14(2)13-27-22(21(26-23(27)29)18-6-4-5-11-25-18)20-10-9-19(28-20)17-12-16(24)8-7-15(17)3/h4-12,14,21-22H,13H2,1-3H3,(H,26,29)/t21-,22+/m0/s1. The lowest BCUT2D eigenvalue weighted by molar-refractivity contribution is 0.253. The number of hydrogen-bond donors (Lipinski definition) is 1. The van der Waals surface area contributed by atoms with E-state index in [0.717, 1.165) is 40.0 Å². The lowest BCUT2D eigenvalue weighted by Gasteiger charge is -2.27. The van der Waals surface area contributed by atoms with E-state index in [0.29, 0.717) is 10.9 Å². The molecular weight excluding hydrogens is 402 g/mol. The molecule has 1 aliphatic rings. The number of aryl methyl sites for hydroxylation is 1. The first-order chi connectivity index (χ1) is 13.9. The summed E-state index contributed by atoms with van der Waals surface area (Å²) in [6.45, 7) is 7.28. The molecule has 3 aromatic rings. The Bertz CT molecular complexity index is 1020. The fourth-order valence-electron chi connectivity index (χ4n) is 3.82. The van der Waals surface area contributed by atoms with Crippen LogP contribution in [0.15, 0.2) is 59.1 Å². The molecule has 2 atom stereocenters. The van der Waals surface area contributed by atoms with Gasteiger partial charge in [0.25, 0.3) is 0 Å². The van der Waals surface area contributed by atoms with Crippen molar-refractivity contribution >= 4 is 28.9 Å². The van der Waals surface area contributed by atoms with Crippen molar-refractivity contribution < 1.29 is 4.42 Å². The van der Waals surface area contributed by atoms with Gasteiger partial charge in [0.2, 0.25) is 0 Å². The number of pyridine rings is 1. The summed E-state index contributed by atoms with van der Waals surface area (Å²) in [6, 6.07) is 15.7. The number of furan rings is 1. The molecule has 29 heavy (non-hydrogen) atoms. The number of rotatable bonds is 5. The number of hydrogen-bond acceptors (Lipinski definition) is 3.